The molecule has 1 saturated carbocycles. The van der Waals surface area contributed by atoms with E-state index in [4.69, 9.17) is 9.84 Å². The summed E-state index contributed by atoms with van der Waals surface area (Å²) in [6.45, 7) is 0.259. The number of carbonyl (C=O) groups excluding carboxylic acids is 2. The maximum absolute atomic E-state index is 12.4. The largest absolute Gasteiger partial charge is 0.481 e. The number of amides is 2. The lowest BCUT2D eigenvalue weighted by Gasteiger charge is -2.35. The number of hydrogen-bond donors (Lipinski definition) is 3. The maximum atomic E-state index is 12.4. The normalized spacial score (nSPS) is 25.0. The lowest BCUT2D eigenvalue weighted by Crippen LogP contribution is -2.50. The highest BCUT2D eigenvalue weighted by atomic mass is 16.5. The zero-order valence-corrected chi connectivity index (χ0v) is 18.1. The minimum Gasteiger partial charge on any atom is -0.481 e. The van der Waals surface area contributed by atoms with Gasteiger partial charge in [0.2, 0.25) is 5.91 Å². The fourth-order valence-electron chi connectivity index (χ4n) is 5.05. The molecule has 0 heterocycles. The number of nitrogens with one attached hydrogen (secondary N) is 2. The quantitative estimate of drug-likeness (QED) is 0.590. The van der Waals surface area contributed by atoms with Crippen molar-refractivity contribution in [3.63, 3.8) is 0 Å². The average Bonchev–Trinajstić information content (AvgIpc) is 3.37. The summed E-state index contributed by atoms with van der Waals surface area (Å²) in [5, 5.41) is 14.8. The van der Waals surface area contributed by atoms with Gasteiger partial charge in [0, 0.05) is 23.9 Å². The first-order valence-electron chi connectivity index (χ1n) is 11.3. The van der Waals surface area contributed by atoms with Crippen LogP contribution in [-0.4, -0.2) is 41.8 Å². The molecule has 170 valence electrons. The van der Waals surface area contributed by atoms with E-state index in [9.17, 15) is 14.4 Å². The Labute approximate surface area is 191 Å². The van der Waals surface area contributed by atoms with Crippen molar-refractivity contribution in [2.75, 3.05) is 6.61 Å². The van der Waals surface area contributed by atoms with E-state index in [0.717, 1.165) is 11.1 Å². The van der Waals surface area contributed by atoms with Crippen LogP contribution in [0.2, 0.25) is 0 Å². The highest BCUT2D eigenvalue weighted by Gasteiger charge is 2.37. The molecule has 0 saturated heterocycles. The summed E-state index contributed by atoms with van der Waals surface area (Å²) in [4.78, 5) is 35.8. The summed E-state index contributed by atoms with van der Waals surface area (Å²) in [5.74, 6) is -1.68. The molecule has 7 heteroatoms. The molecule has 2 atom stereocenters. The number of fused-ring (bicyclic) bond motifs is 3. The molecule has 3 N–H and O–H groups in total. The first kappa shape index (κ1) is 21.2. The van der Waals surface area contributed by atoms with Crippen LogP contribution in [0.4, 0.5) is 4.79 Å². The fourth-order valence-corrected chi connectivity index (χ4v) is 5.05. The van der Waals surface area contributed by atoms with Crippen LogP contribution in [0.15, 0.2) is 60.7 Å². The first-order valence-corrected chi connectivity index (χ1v) is 11.3. The van der Waals surface area contributed by atoms with Crippen LogP contribution in [0.3, 0.4) is 0 Å². The summed E-state index contributed by atoms with van der Waals surface area (Å²) in [7, 11) is 0. The van der Waals surface area contributed by atoms with Gasteiger partial charge in [0.15, 0.2) is 0 Å². The van der Waals surface area contributed by atoms with Crippen LogP contribution in [-0.2, 0) is 14.3 Å². The lowest BCUT2D eigenvalue weighted by molar-refractivity contribution is -0.140. The Balaban J connectivity index is 1.08. The van der Waals surface area contributed by atoms with Crippen molar-refractivity contribution in [2.45, 2.75) is 37.3 Å². The van der Waals surface area contributed by atoms with E-state index >= 15 is 0 Å². The number of carboxylic acid groups (broad SMARTS) is 1. The van der Waals surface area contributed by atoms with Gasteiger partial charge in [-0.15, -0.1) is 0 Å². The van der Waals surface area contributed by atoms with Crippen molar-refractivity contribution in [1.82, 2.24) is 10.6 Å². The number of benzene rings is 2. The zero-order valence-electron chi connectivity index (χ0n) is 18.1. The van der Waals surface area contributed by atoms with Crippen LogP contribution in [0.1, 0.15) is 36.3 Å². The summed E-state index contributed by atoms with van der Waals surface area (Å²) in [5.41, 5.74) is 4.69. The second-order valence-corrected chi connectivity index (χ2v) is 9.02. The van der Waals surface area contributed by atoms with Crippen molar-refractivity contribution >= 4 is 18.0 Å². The van der Waals surface area contributed by atoms with Crippen LogP contribution in [0, 0.1) is 11.8 Å². The molecular weight excluding hydrogens is 420 g/mol. The third-order valence-electron chi connectivity index (χ3n) is 6.90. The Hall–Kier alpha value is -3.61. The van der Waals surface area contributed by atoms with Gasteiger partial charge < -0.3 is 20.5 Å². The van der Waals surface area contributed by atoms with E-state index in [0.29, 0.717) is 19.3 Å². The lowest BCUT2D eigenvalue weighted by atomic mass is 9.79. The van der Waals surface area contributed by atoms with E-state index in [2.05, 4.69) is 34.9 Å². The van der Waals surface area contributed by atoms with Gasteiger partial charge in [-0.1, -0.05) is 60.7 Å². The van der Waals surface area contributed by atoms with Crippen molar-refractivity contribution in [1.29, 1.82) is 0 Å². The van der Waals surface area contributed by atoms with Gasteiger partial charge in [-0.05, 0) is 41.5 Å². The Morgan fingerprint density at radius 3 is 2.12 bits per heavy atom. The molecule has 2 aromatic carbocycles. The minimum atomic E-state index is -0.876. The van der Waals surface area contributed by atoms with E-state index in [1.807, 2.05) is 24.3 Å². The fraction of sp³-hybridized carbons (Fsp3) is 0.346. The SMILES string of the molecule is O=C(NC1CC(C(=O)NC2C=CC(C(=O)O)C2)C1)OCC1c2ccccc2-c2ccccc21. The maximum Gasteiger partial charge on any atom is 0.407 e. The molecule has 0 aromatic heterocycles. The van der Waals surface area contributed by atoms with Gasteiger partial charge in [0.05, 0.1) is 5.92 Å². The molecule has 5 rings (SSSR count). The third kappa shape index (κ3) is 4.23. The number of alkyl carbamates (subject to hydrolysis) is 1. The summed E-state index contributed by atoms with van der Waals surface area (Å²) in [6, 6.07) is 16.0. The van der Waals surface area contributed by atoms with E-state index in [1.165, 1.54) is 11.1 Å². The van der Waals surface area contributed by atoms with Gasteiger partial charge in [-0.3, -0.25) is 9.59 Å². The molecular formula is C26H26N2O5. The molecule has 3 aliphatic rings. The van der Waals surface area contributed by atoms with Crippen molar-refractivity contribution in [2.24, 2.45) is 11.8 Å². The molecule has 0 bridgehead atoms. The number of hydrogen-bond acceptors (Lipinski definition) is 4. The number of carbonyl (C=O) groups is 3. The number of aliphatic carboxylic acids is 1. The second-order valence-electron chi connectivity index (χ2n) is 9.02. The molecule has 2 unspecified atom stereocenters. The predicted octanol–water partition coefficient (Wildman–Crippen LogP) is 3.45. The molecule has 7 nitrogen and oxygen atoms in total. The molecule has 3 aliphatic carbocycles. The topological polar surface area (TPSA) is 105 Å². The Morgan fingerprint density at radius 1 is 0.879 bits per heavy atom. The third-order valence-corrected chi connectivity index (χ3v) is 6.90. The van der Waals surface area contributed by atoms with Gasteiger partial charge >= 0.3 is 12.1 Å². The van der Waals surface area contributed by atoms with Crippen molar-refractivity contribution < 1.29 is 24.2 Å². The summed E-state index contributed by atoms with van der Waals surface area (Å²) < 4.78 is 5.57. The Kier molecular flexibility index (Phi) is 5.62. The zero-order chi connectivity index (χ0) is 22.9. The monoisotopic (exact) mass is 446 g/mol. The van der Waals surface area contributed by atoms with Gasteiger partial charge in [0.1, 0.15) is 6.61 Å². The van der Waals surface area contributed by atoms with Crippen LogP contribution >= 0.6 is 0 Å². The van der Waals surface area contributed by atoms with Crippen LogP contribution < -0.4 is 10.6 Å². The molecule has 1 fully saturated rings. The van der Waals surface area contributed by atoms with Crippen molar-refractivity contribution in [3.8, 4) is 11.1 Å². The molecule has 33 heavy (non-hydrogen) atoms. The highest BCUT2D eigenvalue weighted by Crippen LogP contribution is 2.44. The molecule has 0 radical (unpaired) electrons. The standard InChI is InChI=1S/C26H26N2O5/c29-24(27-17-10-9-15(11-17)25(30)31)16-12-18(13-16)28-26(32)33-14-23-21-7-3-1-5-19(21)20-6-2-4-8-22(20)23/h1-10,15-18,23H,11-14H2,(H,27,29)(H,28,32)(H,30,31). The van der Waals surface area contributed by atoms with Crippen molar-refractivity contribution in [3.05, 3.63) is 71.8 Å². The smallest absolute Gasteiger partial charge is 0.407 e. The average molecular weight is 447 g/mol. The number of rotatable bonds is 6. The molecule has 2 aromatic rings. The number of carboxylic acids is 1. The van der Waals surface area contributed by atoms with E-state index < -0.39 is 18.0 Å². The second kappa shape index (κ2) is 8.73. The summed E-state index contributed by atoms with van der Waals surface area (Å²) in [6.07, 6.45) is 4.37. The predicted molar refractivity (Wildman–Crippen MR) is 122 cm³/mol. The van der Waals surface area contributed by atoms with Crippen LogP contribution in [0.5, 0.6) is 0 Å². The Bertz CT molecular complexity index is 1080. The Morgan fingerprint density at radius 2 is 1.52 bits per heavy atom. The highest BCUT2D eigenvalue weighted by molar-refractivity contribution is 5.81. The molecule has 0 spiro atoms. The minimum absolute atomic E-state index is 0.0113. The molecule has 0 aliphatic heterocycles. The van der Waals surface area contributed by atoms with Gasteiger partial charge in [0.25, 0.3) is 0 Å². The first-order chi connectivity index (χ1) is 16.0. The van der Waals surface area contributed by atoms with E-state index in [1.54, 1.807) is 12.2 Å². The van der Waals surface area contributed by atoms with E-state index in [-0.39, 0.29) is 36.4 Å². The van der Waals surface area contributed by atoms with Gasteiger partial charge in [-0.25, -0.2) is 4.79 Å². The van der Waals surface area contributed by atoms with Gasteiger partial charge in [-0.2, -0.15) is 0 Å². The van der Waals surface area contributed by atoms with Crippen LogP contribution in [0.25, 0.3) is 11.1 Å². The molecule has 2 amide bonds. The number of ether oxygens (including phenoxy) is 1. The summed E-state index contributed by atoms with van der Waals surface area (Å²) >= 11 is 0.